The summed E-state index contributed by atoms with van der Waals surface area (Å²) in [5.41, 5.74) is 2.95. The van der Waals surface area contributed by atoms with E-state index in [0.29, 0.717) is 24.0 Å². The molecule has 0 fully saturated rings. The van der Waals surface area contributed by atoms with Gasteiger partial charge in [-0.25, -0.2) is 9.98 Å². The van der Waals surface area contributed by atoms with Crippen molar-refractivity contribution in [2.45, 2.75) is 40.2 Å². The van der Waals surface area contributed by atoms with E-state index < -0.39 is 0 Å². The lowest BCUT2D eigenvalue weighted by Gasteiger charge is -2.12. The Labute approximate surface area is 201 Å². The molecular weight excluding hydrogens is 513 g/mol. The fourth-order valence-corrected chi connectivity index (χ4v) is 2.83. The Balaban J connectivity index is 0.00000450. The first-order chi connectivity index (χ1) is 14.0. The summed E-state index contributed by atoms with van der Waals surface area (Å²) in [5, 5.41) is 10.0. The summed E-state index contributed by atoms with van der Waals surface area (Å²) < 4.78 is 0. The molecule has 1 aromatic carbocycles. The highest BCUT2D eigenvalue weighted by molar-refractivity contribution is 14.0. The Kier molecular flexibility index (Phi) is 12.4. The van der Waals surface area contributed by atoms with E-state index in [1.54, 1.807) is 12.3 Å². The molecule has 0 aliphatic heterocycles. The number of carbonyl (C=O) groups excluding carboxylic acids is 1. The highest BCUT2D eigenvalue weighted by Crippen LogP contribution is 2.13. The molecule has 2 rings (SSSR count). The Morgan fingerprint density at radius 3 is 2.63 bits per heavy atom. The monoisotopic (exact) mass is 543 g/mol. The van der Waals surface area contributed by atoms with Gasteiger partial charge in [-0.05, 0) is 48.6 Å². The van der Waals surface area contributed by atoms with Crippen molar-refractivity contribution in [3.05, 3.63) is 58.9 Å². The summed E-state index contributed by atoms with van der Waals surface area (Å²) in [7, 11) is 0. The molecule has 0 aliphatic carbocycles. The maximum absolute atomic E-state index is 12.0. The van der Waals surface area contributed by atoms with E-state index in [4.69, 9.17) is 11.6 Å². The van der Waals surface area contributed by atoms with Crippen LogP contribution in [-0.4, -0.2) is 29.9 Å². The van der Waals surface area contributed by atoms with Crippen molar-refractivity contribution in [1.82, 2.24) is 15.6 Å². The highest BCUT2D eigenvalue weighted by atomic mass is 127. The molecule has 0 unspecified atom stereocenters. The van der Waals surface area contributed by atoms with Gasteiger partial charge in [0.1, 0.15) is 5.15 Å². The number of nitrogens with one attached hydrogen (secondary N) is 3. The molecule has 0 saturated carbocycles. The van der Waals surface area contributed by atoms with Gasteiger partial charge in [-0.2, -0.15) is 0 Å². The second-order valence-electron chi connectivity index (χ2n) is 7.21. The number of aromatic nitrogens is 1. The fraction of sp³-hybridized carbons (Fsp3) is 0.409. The molecule has 3 N–H and O–H groups in total. The third-order valence-corrected chi connectivity index (χ3v) is 4.29. The van der Waals surface area contributed by atoms with E-state index in [-0.39, 0.29) is 29.9 Å². The van der Waals surface area contributed by atoms with Gasteiger partial charge in [-0.15, -0.1) is 24.0 Å². The predicted molar refractivity (Wildman–Crippen MR) is 136 cm³/mol. The molecule has 0 radical (unpaired) electrons. The molecule has 1 heterocycles. The van der Waals surface area contributed by atoms with Gasteiger partial charge in [-0.1, -0.05) is 43.6 Å². The summed E-state index contributed by atoms with van der Waals surface area (Å²) in [5.74, 6) is 1.12. The maximum Gasteiger partial charge on any atom is 0.224 e. The Morgan fingerprint density at radius 2 is 1.97 bits per heavy atom. The Morgan fingerprint density at radius 1 is 1.17 bits per heavy atom. The quantitative estimate of drug-likeness (QED) is 0.186. The summed E-state index contributed by atoms with van der Waals surface area (Å²) >= 11 is 5.82. The van der Waals surface area contributed by atoms with Crippen molar-refractivity contribution in [1.29, 1.82) is 0 Å². The zero-order valence-corrected chi connectivity index (χ0v) is 20.8. The lowest BCUT2D eigenvalue weighted by Crippen LogP contribution is -2.38. The molecule has 0 bridgehead atoms. The first-order valence-corrected chi connectivity index (χ1v) is 10.4. The minimum Gasteiger partial charge on any atom is -0.357 e. The van der Waals surface area contributed by atoms with Gasteiger partial charge in [-0.3, -0.25) is 4.79 Å². The van der Waals surface area contributed by atoms with Crippen LogP contribution < -0.4 is 16.0 Å². The molecule has 1 aromatic heterocycles. The number of hydrogen-bond acceptors (Lipinski definition) is 3. The van der Waals surface area contributed by atoms with E-state index >= 15 is 0 Å². The van der Waals surface area contributed by atoms with E-state index in [2.05, 4.69) is 25.9 Å². The fourth-order valence-electron chi connectivity index (χ4n) is 2.72. The summed E-state index contributed by atoms with van der Waals surface area (Å²) in [6, 6.07) is 11.6. The van der Waals surface area contributed by atoms with E-state index in [0.717, 1.165) is 42.3 Å². The van der Waals surface area contributed by atoms with Crippen molar-refractivity contribution in [2.75, 3.05) is 18.4 Å². The van der Waals surface area contributed by atoms with Crippen molar-refractivity contribution >= 4 is 53.1 Å². The van der Waals surface area contributed by atoms with Crippen LogP contribution in [0.1, 0.15) is 38.3 Å². The topological polar surface area (TPSA) is 78.4 Å². The average molecular weight is 544 g/mol. The van der Waals surface area contributed by atoms with Gasteiger partial charge in [0, 0.05) is 31.4 Å². The smallest absolute Gasteiger partial charge is 0.224 e. The number of hydrogen-bond donors (Lipinski definition) is 3. The predicted octanol–water partition coefficient (Wildman–Crippen LogP) is 4.64. The number of halogens is 2. The third-order valence-electron chi connectivity index (χ3n) is 4.06. The van der Waals surface area contributed by atoms with Gasteiger partial charge in [0.15, 0.2) is 5.96 Å². The lowest BCUT2D eigenvalue weighted by molar-refractivity contribution is -0.116. The number of nitrogens with zero attached hydrogens (tertiary/aromatic N) is 2. The number of carbonyl (C=O) groups is 1. The van der Waals surface area contributed by atoms with Crippen molar-refractivity contribution in [2.24, 2.45) is 10.9 Å². The molecule has 1 amide bonds. The van der Waals surface area contributed by atoms with Crippen LogP contribution in [0.3, 0.4) is 0 Å². The number of aliphatic imine (C=N–C) groups is 1. The van der Waals surface area contributed by atoms with Crippen LogP contribution in [-0.2, 0) is 17.8 Å². The second-order valence-corrected chi connectivity index (χ2v) is 7.59. The number of anilines is 1. The van der Waals surface area contributed by atoms with Gasteiger partial charge in [0.2, 0.25) is 5.91 Å². The Bertz CT molecular complexity index is 811. The number of pyridine rings is 1. The minimum absolute atomic E-state index is 0. The normalized spacial score (nSPS) is 11.0. The summed E-state index contributed by atoms with van der Waals surface area (Å²) in [6.45, 7) is 8.13. The number of guanidine groups is 1. The van der Waals surface area contributed by atoms with E-state index in [1.165, 1.54) is 0 Å². The molecule has 6 nitrogen and oxygen atoms in total. The largest absolute Gasteiger partial charge is 0.357 e. The van der Waals surface area contributed by atoms with Gasteiger partial charge in [0.05, 0.1) is 6.54 Å². The molecule has 0 spiro atoms. The van der Waals surface area contributed by atoms with E-state index in [9.17, 15) is 4.79 Å². The van der Waals surface area contributed by atoms with Crippen LogP contribution in [0.4, 0.5) is 5.69 Å². The van der Waals surface area contributed by atoms with Gasteiger partial charge in [0.25, 0.3) is 0 Å². The standard InChI is InChI=1S/C22H30ClN5O.HI/c1-4-24-22(25-11-10-17-8-9-20(23)26-14-17)27-15-18-6-5-7-19(13-18)28-21(29)12-16(2)3;/h5-9,13-14,16H,4,10-12,15H2,1-3H3,(H,28,29)(H2,24,25,27);1H. The molecule has 8 heteroatoms. The van der Waals surface area contributed by atoms with Crippen LogP contribution >= 0.6 is 35.6 Å². The molecule has 0 atom stereocenters. The average Bonchev–Trinajstić information content (AvgIpc) is 2.67. The number of benzene rings is 1. The lowest BCUT2D eigenvalue weighted by atomic mass is 10.1. The van der Waals surface area contributed by atoms with Gasteiger partial charge >= 0.3 is 0 Å². The van der Waals surface area contributed by atoms with Crippen LogP contribution in [0.2, 0.25) is 5.15 Å². The van der Waals surface area contributed by atoms with Crippen LogP contribution in [0.25, 0.3) is 0 Å². The third kappa shape index (κ3) is 10.2. The van der Waals surface area contributed by atoms with E-state index in [1.807, 2.05) is 51.1 Å². The zero-order chi connectivity index (χ0) is 21.1. The SMILES string of the molecule is CCNC(=NCc1cccc(NC(=O)CC(C)C)c1)NCCc1ccc(Cl)nc1.I. The molecule has 164 valence electrons. The second kappa shape index (κ2) is 14.2. The maximum atomic E-state index is 12.0. The molecule has 2 aromatic rings. The van der Waals surface area contributed by atoms with Crippen molar-refractivity contribution in [3.63, 3.8) is 0 Å². The number of amides is 1. The van der Waals surface area contributed by atoms with Crippen molar-refractivity contribution in [3.8, 4) is 0 Å². The van der Waals surface area contributed by atoms with Crippen LogP contribution in [0.5, 0.6) is 0 Å². The first-order valence-electron chi connectivity index (χ1n) is 9.97. The first kappa shape index (κ1) is 26.2. The van der Waals surface area contributed by atoms with Crippen molar-refractivity contribution < 1.29 is 4.79 Å². The number of rotatable bonds is 9. The zero-order valence-electron chi connectivity index (χ0n) is 17.7. The minimum atomic E-state index is 0. The Hall–Kier alpha value is -1.87. The molecule has 0 saturated heterocycles. The molecule has 0 aliphatic rings. The molecular formula is C22H31ClIN5O. The summed E-state index contributed by atoms with van der Waals surface area (Å²) in [4.78, 5) is 20.7. The van der Waals surface area contributed by atoms with Gasteiger partial charge < -0.3 is 16.0 Å². The molecule has 30 heavy (non-hydrogen) atoms. The van der Waals surface area contributed by atoms with Crippen LogP contribution in [0.15, 0.2) is 47.6 Å². The summed E-state index contributed by atoms with van der Waals surface area (Å²) in [6.07, 6.45) is 3.12. The van der Waals surface area contributed by atoms with Crippen LogP contribution in [0, 0.1) is 5.92 Å². The highest BCUT2D eigenvalue weighted by Gasteiger charge is 2.06.